The fourth-order valence-electron chi connectivity index (χ4n) is 2.20. The Balaban J connectivity index is 0.00000400. The standard InChI is InChI=1S/C17H28N2O.ClH/c1-17(2,16(20)19-14-7-6-13-18)12-8-11-15-9-4-3-5-10-15;/h3-5,9-10H,6-8,11-14,18H2,1-2H3,(H,19,20);1H. The number of carbonyl (C=O) groups excluding carboxylic acids is 1. The van der Waals surface area contributed by atoms with Crippen molar-refractivity contribution in [3.8, 4) is 0 Å². The maximum absolute atomic E-state index is 12.1. The lowest BCUT2D eigenvalue weighted by molar-refractivity contribution is -0.129. The van der Waals surface area contributed by atoms with Crippen LogP contribution in [0.1, 0.15) is 45.1 Å². The lowest BCUT2D eigenvalue weighted by Gasteiger charge is -2.23. The number of halogens is 1. The summed E-state index contributed by atoms with van der Waals surface area (Å²) in [4.78, 5) is 12.1. The Morgan fingerprint density at radius 2 is 1.81 bits per heavy atom. The van der Waals surface area contributed by atoms with Crippen molar-refractivity contribution in [3.05, 3.63) is 35.9 Å². The molecule has 1 aromatic rings. The van der Waals surface area contributed by atoms with Gasteiger partial charge in [-0.05, 0) is 44.2 Å². The molecule has 0 unspecified atom stereocenters. The lowest BCUT2D eigenvalue weighted by atomic mass is 9.85. The van der Waals surface area contributed by atoms with Crippen LogP contribution in [0.3, 0.4) is 0 Å². The number of nitrogens with one attached hydrogen (secondary N) is 1. The normalized spacial score (nSPS) is 10.8. The number of nitrogens with two attached hydrogens (primary N) is 1. The molecule has 0 spiro atoms. The second-order valence-electron chi connectivity index (χ2n) is 5.97. The molecule has 0 atom stereocenters. The Hall–Kier alpha value is -1.06. The average molecular weight is 313 g/mol. The molecule has 0 saturated heterocycles. The zero-order valence-electron chi connectivity index (χ0n) is 13.2. The van der Waals surface area contributed by atoms with Crippen LogP contribution in [0, 0.1) is 5.41 Å². The van der Waals surface area contributed by atoms with E-state index >= 15 is 0 Å². The summed E-state index contributed by atoms with van der Waals surface area (Å²) < 4.78 is 0. The van der Waals surface area contributed by atoms with E-state index in [-0.39, 0.29) is 23.7 Å². The molecule has 0 aliphatic heterocycles. The molecule has 0 aliphatic carbocycles. The van der Waals surface area contributed by atoms with Crippen LogP contribution in [0.5, 0.6) is 0 Å². The van der Waals surface area contributed by atoms with Crippen LogP contribution in [0.2, 0.25) is 0 Å². The average Bonchev–Trinajstić information content (AvgIpc) is 2.44. The highest BCUT2D eigenvalue weighted by Crippen LogP contribution is 2.23. The van der Waals surface area contributed by atoms with Crippen LogP contribution in [0.4, 0.5) is 0 Å². The molecule has 0 heterocycles. The number of hydrogen-bond donors (Lipinski definition) is 2. The van der Waals surface area contributed by atoms with Gasteiger partial charge < -0.3 is 11.1 Å². The molecule has 0 aromatic heterocycles. The zero-order chi connectivity index (χ0) is 14.8. The summed E-state index contributed by atoms with van der Waals surface area (Å²) in [5, 5.41) is 3.01. The molecule has 0 fully saturated rings. The third-order valence-electron chi connectivity index (χ3n) is 3.64. The van der Waals surface area contributed by atoms with Gasteiger partial charge in [-0.2, -0.15) is 0 Å². The van der Waals surface area contributed by atoms with Crippen LogP contribution < -0.4 is 11.1 Å². The minimum absolute atomic E-state index is 0. The minimum Gasteiger partial charge on any atom is -0.356 e. The summed E-state index contributed by atoms with van der Waals surface area (Å²) in [6, 6.07) is 10.4. The monoisotopic (exact) mass is 312 g/mol. The lowest BCUT2D eigenvalue weighted by Crippen LogP contribution is -2.37. The van der Waals surface area contributed by atoms with E-state index in [1.807, 2.05) is 19.9 Å². The van der Waals surface area contributed by atoms with E-state index < -0.39 is 0 Å². The molecule has 1 rings (SSSR count). The van der Waals surface area contributed by atoms with Gasteiger partial charge in [0.1, 0.15) is 0 Å². The summed E-state index contributed by atoms with van der Waals surface area (Å²) >= 11 is 0. The van der Waals surface area contributed by atoms with E-state index in [2.05, 4.69) is 29.6 Å². The second kappa shape index (κ2) is 10.6. The van der Waals surface area contributed by atoms with Crippen molar-refractivity contribution < 1.29 is 4.79 Å². The first-order valence-electron chi connectivity index (χ1n) is 7.58. The van der Waals surface area contributed by atoms with Gasteiger partial charge in [0.25, 0.3) is 0 Å². The van der Waals surface area contributed by atoms with Gasteiger partial charge in [-0.25, -0.2) is 0 Å². The summed E-state index contributed by atoms with van der Waals surface area (Å²) in [6.07, 6.45) is 4.90. The van der Waals surface area contributed by atoms with Crippen molar-refractivity contribution in [2.24, 2.45) is 11.1 Å². The Kier molecular flexibility index (Phi) is 10.1. The van der Waals surface area contributed by atoms with Crippen molar-refractivity contribution in [3.63, 3.8) is 0 Å². The maximum atomic E-state index is 12.1. The van der Waals surface area contributed by atoms with Crippen LogP contribution in [-0.4, -0.2) is 19.0 Å². The molecule has 0 bridgehead atoms. The minimum atomic E-state index is -0.294. The fraction of sp³-hybridized carbons (Fsp3) is 0.588. The number of aryl methyl sites for hydroxylation is 1. The SMILES string of the molecule is CC(C)(CCCc1ccccc1)C(=O)NCCCCN.Cl. The quantitative estimate of drug-likeness (QED) is 0.687. The summed E-state index contributed by atoms with van der Waals surface area (Å²) in [7, 11) is 0. The van der Waals surface area contributed by atoms with Crippen LogP contribution in [0.15, 0.2) is 30.3 Å². The summed E-state index contributed by atoms with van der Waals surface area (Å²) in [6.45, 7) is 5.47. The molecule has 120 valence electrons. The fourth-order valence-corrected chi connectivity index (χ4v) is 2.20. The molecule has 3 nitrogen and oxygen atoms in total. The highest BCUT2D eigenvalue weighted by Gasteiger charge is 2.26. The first-order valence-corrected chi connectivity index (χ1v) is 7.58. The number of hydrogen-bond acceptors (Lipinski definition) is 2. The van der Waals surface area contributed by atoms with E-state index in [9.17, 15) is 4.79 Å². The number of carbonyl (C=O) groups is 1. The molecule has 21 heavy (non-hydrogen) atoms. The second-order valence-corrected chi connectivity index (χ2v) is 5.97. The number of benzene rings is 1. The van der Waals surface area contributed by atoms with Gasteiger partial charge in [0.2, 0.25) is 5.91 Å². The van der Waals surface area contributed by atoms with Gasteiger partial charge >= 0.3 is 0 Å². The molecular formula is C17H29ClN2O. The smallest absolute Gasteiger partial charge is 0.225 e. The first kappa shape index (κ1) is 19.9. The highest BCUT2D eigenvalue weighted by molar-refractivity contribution is 5.85. The van der Waals surface area contributed by atoms with Crippen molar-refractivity contribution in [2.75, 3.05) is 13.1 Å². The van der Waals surface area contributed by atoms with Gasteiger partial charge in [0.15, 0.2) is 0 Å². The number of unbranched alkanes of at least 4 members (excludes halogenated alkanes) is 1. The predicted molar refractivity (Wildman–Crippen MR) is 91.7 cm³/mol. The van der Waals surface area contributed by atoms with Gasteiger partial charge in [-0.15, -0.1) is 12.4 Å². The largest absolute Gasteiger partial charge is 0.356 e. The van der Waals surface area contributed by atoms with Gasteiger partial charge in [0.05, 0.1) is 0 Å². The van der Waals surface area contributed by atoms with E-state index in [1.54, 1.807) is 0 Å². The van der Waals surface area contributed by atoms with Crippen molar-refractivity contribution in [2.45, 2.75) is 46.0 Å². The number of amides is 1. The van der Waals surface area contributed by atoms with E-state index in [0.29, 0.717) is 6.54 Å². The third-order valence-corrected chi connectivity index (χ3v) is 3.64. The summed E-state index contributed by atoms with van der Waals surface area (Å²) in [5.41, 5.74) is 6.48. The Morgan fingerprint density at radius 1 is 1.14 bits per heavy atom. The Morgan fingerprint density at radius 3 is 2.43 bits per heavy atom. The molecule has 3 N–H and O–H groups in total. The van der Waals surface area contributed by atoms with Gasteiger partial charge in [-0.3, -0.25) is 4.79 Å². The van der Waals surface area contributed by atoms with Crippen molar-refractivity contribution in [1.82, 2.24) is 5.32 Å². The number of rotatable bonds is 9. The Labute approximate surface area is 135 Å². The molecule has 1 aromatic carbocycles. The predicted octanol–water partition coefficient (Wildman–Crippen LogP) is 3.31. The molecule has 0 radical (unpaired) electrons. The topological polar surface area (TPSA) is 55.1 Å². The summed E-state index contributed by atoms with van der Waals surface area (Å²) in [5.74, 6) is 0.155. The van der Waals surface area contributed by atoms with Gasteiger partial charge in [-0.1, -0.05) is 44.2 Å². The highest BCUT2D eigenvalue weighted by atomic mass is 35.5. The molecule has 0 saturated carbocycles. The van der Waals surface area contributed by atoms with Gasteiger partial charge in [0, 0.05) is 12.0 Å². The van der Waals surface area contributed by atoms with Crippen molar-refractivity contribution in [1.29, 1.82) is 0 Å². The molecule has 0 aliphatic rings. The third kappa shape index (κ3) is 8.08. The molecule has 1 amide bonds. The maximum Gasteiger partial charge on any atom is 0.225 e. The van der Waals surface area contributed by atoms with E-state index in [0.717, 1.165) is 38.6 Å². The van der Waals surface area contributed by atoms with Crippen LogP contribution >= 0.6 is 12.4 Å². The van der Waals surface area contributed by atoms with Crippen molar-refractivity contribution >= 4 is 18.3 Å². The van der Waals surface area contributed by atoms with Crippen LogP contribution in [0.25, 0.3) is 0 Å². The van der Waals surface area contributed by atoms with E-state index in [1.165, 1.54) is 5.56 Å². The molecular weight excluding hydrogens is 284 g/mol. The Bertz CT molecular complexity index is 393. The van der Waals surface area contributed by atoms with E-state index in [4.69, 9.17) is 5.73 Å². The zero-order valence-corrected chi connectivity index (χ0v) is 14.0. The molecule has 4 heteroatoms. The first-order chi connectivity index (χ1) is 9.56. The van der Waals surface area contributed by atoms with Crippen LogP contribution in [-0.2, 0) is 11.2 Å².